The highest BCUT2D eigenvalue weighted by atomic mass is 35.5. The molecule has 146 valence electrons. The first kappa shape index (κ1) is 21.1. The average molecular weight is 404 g/mol. The number of benzene rings is 1. The molecular formula is C17H26ClN3O4S. The minimum Gasteiger partial charge on any atom is -0.375 e. The monoisotopic (exact) mass is 403 g/mol. The SMILES string of the molecule is C[C@H]1OCCN[C@@H]1C(=O)N1CCC(NS(=O)(=O)c2ccccc2)CC1.Cl. The fraction of sp³-hybridized carbons (Fsp3) is 0.588. The third-order valence-corrected chi connectivity index (χ3v) is 6.30. The summed E-state index contributed by atoms with van der Waals surface area (Å²) in [7, 11) is -3.51. The molecule has 3 rings (SSSR count). The minimum absolute atomic E-state index is 0. The Morgan fingerprint density at radius 1 is 1.23 bits per heavy atom. The van der Waals surface area contributed by atoms with Gasteiger partial charge in [-0.1, -0.05) is 18.2 Å². The van der Waals surface area contributed by atoms with Crippen LogP contribution in [0.4, 0.5) is 0 Å². The van der Waals surface area contributed by atoms with E-state index < -0.39 is 10.0 Å². The Labute approximate surface area is 160 Å². The molecule has 0 aliphatic carbocycles. The maximum Gasteiger partial charge on any atom is 0.242 e. The largest absolute Gasteiger partial charge is 0.375 e. The fourth-order valence-electron chi connectivity index (χ4n) is 3.31. The summed E-state index contributed by atoms with van der Waals surface area (Å²) in [5.74, 6) is 0.0385. The minimum atomic E-state index is -3.51. The molecule has 2 fully saturated rings. The Bertz CT molecular complexity index is 693. The highest BCUT2D eigenvalue weighted by Crippen LogP contribution is 2.17. The summed E-state index contributed by atoms with van der Waals surface area (Å²) in [5, 5.41) is 3.21. The number of piperidine rings is 1. The van der Waals surface area contributed by atoms with Crippen LogP contribution in [0.3, 0.4) is 0 Å². The number of rotatable bonds is 4. The summed E-state index contributed by atoms with van der Waals surface area (Å²) >= 11 is 0. The molecule has 1 aromatic carbocycles. The lowest BCUT2D eigenvalue weighted by Crippen LogP contribution is -2.58. The first-order valence-electron chi connectivity index (χ1n) is 8.68. The van der Waals surface area contributed by atoms with Gasteiger partial charge in [-0.25, -0.2) is 13.1 Å². The van der Waals surface area contributed by atoms with Crippen molar-refractivity contribution in [1.29, 1.82) is 0 Å². The van der Waals surface area contributed by atoms with E-state index in [0.717, 1.165) is 0 Å². The van der Waals surface area contributed by atoms with Crippen molar-refractivity contribution >= 4 is 28.3 Å². The molecule has 2 aliphatic heterocycles. The van der Waals surface area contributed by atoms with Crippen LogP contribution in [0, 0.1) is 0 Å². The first-order valence-corrected chi connectivity index (χ1v) is 10.2. The second-order valence-electron chi connectivity index (χ2n) is 6.54. The van der Waals surface area contributed by atoms with Crippen molar-refractivity contribution in [3.8, 4) is 0 Å². The van der Waals surface area contributed by atoms with E-state index in [0.29, 0.717) is 39.1 Å². The van der Waals surface area contributed by atoms with Crippen LogP contribution in [0.5, 0.6) is 0 Å². The highest BCUT2D eigenvalue weighted by molar-refractivity contribution is 7.89. The van der Waals surface area contributed by atoms with Gasteiger partial charge in [-0.15, -0.1) is 12.4 Å². The molecule has 26 heavy (non-hydrogen) atoms. The Balaban J connectivity index is 0.00000243. The molecule has 0 aromatic heterocycles. The van der Waals surface area contributed by atoms with Crippen LogP contribution < -0.4 is 10.0 Å². The van der Waals surface area contributed by atoms with E-state index in [1.165, 1.54) is 0 Å². The number of likely N-dealkylation sites (tertiary alicyclic amines) is 1. The number of sulfonamides is 1. The molecule has 0 radical (unpaired) electrons. The van der Waals surface area contributed by atoms with Gasteiger partial charge >= 0.3 is 0 Å². The van der Waals surface area contributed by atoms with Crippen LogP contribution in [0.15, 0.2) is 35.2 Å². The van der Waals surface area contributed by atoms with E-state index in [-0.39, 0.29) is 41.4 Å². The van der Waals surface area contributed by atoms with Crippen molar-refractivity contribution in [3.63, 3.8) is 0 Å². The Morgan fingerprint density at radius 3 is 2.50 bits per heavy atom. The van der Waals surface area contributed by atoms with Crippen LogP contribution in [-0.2, 0) is 19.6 Å². The molecule has 1 amide bonds. The topological polar surface area (TPSA) is 87.7 Å². The molecule has 0 bridgehead atoms. The van der Waals surface area contributed by atoms with Gasteiger partial charge < -0.3 is 15.0 Å². The Kier molecular flexibility index (Phi) is 7.42. The van der Waals surface area contributed by atoms with Gasteiger partial charge in [-0.3, -0.25) is 4.79 Å². The molecular weight excluding hydrogens is 378 g/mol. The summed E-state index contributed by atoms with van der Waals surface area (Å²) in [6, 6.07) is 7.89. The van der Waals surface area contributed by atoms with Gasteiger partial charge in [0.1, 0.15) is 6.04 Å². The zero-order valence-corrected chi connectivity index (χ0v) is 16.4. The molecule has 2 atom stereocenters. The summed E-state index contributed by atoms with van der Waals surface area (Å²) in [6.45, 7) is 4.29. The van der Waals surface area contributed by atoms with E-state index >= 15 is 0 Å². The third kappa shape index (κ3) is 4.95. The number of amides is 1. The van der Waals surface area contributed by atoms with Crippen molar-refractivity contribution < 1.29 is 17.9 Å². The lowest BCUT2D eigenvalue weighted by molar-refractivity contribution is -0.140. The number of hydrogen-bond donors (Lipinski definition) is 2. The quantitative estimate of drug-likeness (QED) is 0.774. The lowest BCUT2D eigenvalue weighted by atomic mass is 10.0. The van der Waals surface area contributed by atoms with Gasteiger partial charge in [0.25, 0.3) is 0 Å². The molecule has 2 saturated heterocycles. The zero-order valence-electron chi connectivity index (χ0n) is 14.8. The molecule has 0 unspecified atom stereocenters. The number of nitrogens with one attached hydrogen (secondary N) is 2. The van der Waals surface area contributed by atoms with Gasteiger partial charge in [0, 0.05) is 25.7 Å². The van der Waals surface area contributed by atoms with Crippen LogP contribution in [0.25, 0.3) is 0 Å². The molecule has 7 nitrogen and oxygen atoms in total. The van der Waals surface area contributed by atoms with E-state index in [2.05, 4.69) is 10.0 Å². The van der Waals surface area contributed by atoms with Crippen molar-refractivity contribution in [2.75, 3.05) is 26.2 Å². The zero-order chi connectivity index (χ0) is 17.9. The number of carbonyl (C=O) groups is 1. The summed E-state index contributed by atoms with van der Waals surface area (Å²) < 4.78 is 33.1. The predicted octanol–water partition coefficient (Wildman–Crippen LogP) is 0.755. The maximum atomic E-state index is 12.6. The molecule has 1 aromatic rings. The van der Waals surface area contributed by atoms with Crippen molar-refractivity contribution in [2.45, 2.75) is 42.8 Å². The second kappa shape index (κ2) is 9.14. The molecule has 2 heterocycles. The number of morpholine rings is 1. The van der Waals surface area contributed by atoms with Crippen molar-refractivity contribution in [1.82, 2.24) is 14.9 Å². The second-order valence-corrected chi connectivity index (χ2v) is 8.26. The Morgan fingerprint density at radius 2 is 1.88 bits per heavy atom. The number of ether oxygens (including phenoxy) is 1. The van der Waals surface area contributed by atoms with E-state index in [1.54, 1.807) is 35.2 Å². The van der Waals surface area contributed by atoms with Crippen LogP contribution in [0.1, 0.15) is 19.8 Å². The Hall–Kier alpha value is -1.19. The van der Waals surface area contributed by atoms with Crippen molar-refractivity contribution in [2.24, 2.45) is 0 Å². The van der Waals surface area contributed by atoms with Gasteiger partial charge in [0.05, 0.1) is 17.6 Å². The molecule has 9 heteroatoms. The van der Waals surface area contributed by atoms with E-state index in [1.807, 2.05) is 6.92 Å². The number of hydrogen-bond acceptors (Lipinski definition) is 5. The average Bonchev–Trinajstić information content (AvgIpc) is 2.63. The highest BCUT2D eigenvalue weighted by Gasteiger charge is 2.34. The fourth-order valence-corrected chi connectivity index (χ4v) is 4.64. The molecule has 2 aliphatic rings. The van der Waals surface area contributed by atoms with Gasteiger partial charge in [0.15, 0.2) is 0 Å². The summed E-state index contributed by atoms with van der Waals surface area (Å²) in [5.41, 5.74) is 0. The maximum absolute atomic E-state index is 12.6. The van der Waals surface area contributed by atoms with E-state index in [4.69, 9.17) is 4.74 Å². The molecule has 0 saturated carbocycles. The van der Waals surface area contributed by atoms with E-state index in [9.17, 15) is 13.2 Å². The number of halogens is 1. The number of nitrogens with zero attached hydrogens (tertiary/aromatic N) is 1. The summed E-state index contributed by atoms with van der Waals surface area (Å²) in [6.07, 6.45) is 1.08. The van der Waals surface area contributed by atoms with Gasteiger partial charge in [-0.2, -0.15) is 0 Å². The smallest absolute Gasteiger partial charge is 0.242 e. The standard InChI is InChI=1S/C17H25N3O4S.ClH/c1-13-16(18-9-12-24-13)17(21)20-10-7-14(8-11-20)19-25(22,23)15-5-3-2-4-6-15;/h2-6,13-14,16,18-19H,7-12H2,1H3;1H/t13-,16+;/m1./s1. The third-order valence-electron chi connectivity index (χ3n) is 4.76. The predicted molar refractivity (Wildman–Crippen MR) is 101 cm³/mol. The molecule has 2 N–H and O–H groups in total. The normalized spacial score (nSPS) is 24.7. The van der Waals surface area contributed by atoms with Gasteiger partial charge in [-0.05, 0) is 31.9 Å². The lowest BCUT2D eigenvalue weighted by Gasteiger charge is -2.37. The van der Waals surface area contributed by atoms with Gasteiger partial charge in [0.2, 0.25) is 15.9 Å². The summed E-state index contributed by atoms with van der Waals surface area (Å²) in [4.78, 5) is 14.7. The van der Waals surface area contributed by atoms with Crippen molar-refractivity contribution in [3.05, 3.63) is 30.3 Å². The van der Waals surface area contributed by atoms with Crippen LogP contribution in [0.2, 0.25) is 0 Å². The van der Waals surface area contributed by atoms with Crippen LogP contribution in [-0.4, -0.2) is 63.7 Å². The first-order chi connectivity index (χ1) is 12.0. The van der Waals surface area contributed by atoms with Crippen LogP contribution >= 0.6 is 12.4 Å². The molecule has 0 spiro atoms. The number of carbonyl (C=O) groups excluding carboxylic acids is 1.